The predicted octanol–water partition coefficient (Wildman–Crippen LogP) is 2.48. The van der Waals surface area contributed by atoms with E-state index in [1.807, 2.05) is 6.92 Å². The van der Waals surface area contributed by atoms with E-state index in [1.54, 1.807) is 49.5 Å². The van der Waals surface area contributed by atoms with E-state index >= 15 is 0 Å². The largest absolute Gasteiger partial charge is 0.494 e. The molecule has 1 atom stereocenters. The predicted molar refractivity (Wildman–Crippen MR) is 108 cm³/mol. The number of amides is 2. The molecular formula is C19H22Cl2N3O3+. The maximum atomic E-state index is 12.2. The molecule has 0 aromatic heterocycles. The van der Waals surface area contributed by atoms with Crippen LogP contribution >= 0.6 is 23.2 Å². The van der Waals surface area contributed by atoms with Crippen LogP contribution in [-0.2, 0) is 9.59 Å². The molecule has 0 spiro atoms. The van der Waals surface area contributed by atoms with Crippen LogP contribution in [0.3, 0.4) is 0 Å². The summed E-state index contributed by atoms with van der Waals surface area (Å²) in [4.78, 5) is 25.0. The molecule has 2 aromatic carbocycles. The van der Waals surface area contributed by atoms with E-state index in [0.29, 0.717) is 28.0 Å². The number of hydrogen-bond donors (Lipinski definition) is 3. The molecule has 0 saturated carbocycles. The van der Waals surface area contributed by atoms with Crippen LogP contribution in [0, 0.1) is 0 Å². The zero-order valence-corrected chi connectivity index (χ0v) is 16.7. The minimum absolute atomic E-state index is 0.0955. The van der Waals surface area contributed by atoms with Crippen LogP contribution in [0.15, 0.2) is 42.5 Å². The van der Waals surface area contributed by atoms with E-state index in [9.17, 15) is 9.59 Å². The topological polar surface area (TPSA) is 71.9 Å². The Morgan fingerprint density at radius 3 is 2.07 bits per heavy atom. The molecule has 2 rings (SSSR count). The maximum absolute atomic E-state index is 12.2. The molecule has 1 unspecified atom stereocenters. The Labute approximate surface area is 168 Å². The molecule has 2 aromatic rings. The van der Waals surface area contributed by atoms with Crippen LogP contribution in [0.1, 0.15) is 6.92 Å². The summed E-state index contributed by atoms with van der Waals surface area (Å²) in [6, 6.07) is 12.1. The highest BCUT2D eigenvalue weighted by Gasteiger charge is 2.16. The number of benzene rings is 2. The van der Waals surface area contributed by atoms with Crippen LogP contribution in [0.4, 0.5) is 11.4 Å². The van der Waals surface area contributed by atoms with Crippen LogP contribution in [0.2, 0.25) is 10.0 Å². The van der Waals surface area contributed by atoms with Gasteiger partial charge in [0.15, 0.2) is 13.1 Å². The van der Waals surface area contributed by atoms with Crippen molar-refractivity contribution in [2.24, 2.45) is 0 Å². The fraction of sp³-hybridized carbons (Fsp3) is 0.263. The Morgan fingerprint density at radius 2 is 1.52 bits per heavy atom. The van der Waals surface area contributed by atoms with E-state index in [0.717, 1.165) is 10.6 Å². The van der Waals surface area contributed by atoms with Crippen molar-refractivity contribution in [2.75, 3.05) is 37.4 Å². The number of carbonyl (C=O) groups excluding carboxylic acids is 2. The molecule has 6 nitrogen and oxygen atoms in total. The Hall–Kier alpha value is -2.28. The highest BCUT2D eigenvalue weighted by molar-refractivity contribution is 6.39. The number of quaternary nitrogens is 1. The molecule has 3 N–H and O–H groups in total. The van der Waals surface area contributed by atoms with E-state index in [-0.39, 0.29) is 24.9 Å². The Bertz CT molecular complexity index is 777. The summed E-state index contributed by atoms with van der Waals surface area (Å²) in [6.45, 7) is 2.72. The fourth-order valence-electron chi connectivity index (χ4n) is 2.42. The molecule has 0 radical (unpaired) electrons. The van der Waals surface area contributed by atoms with Crippen LogP contribution in [-0.4, -0.2) is 38.6 Å². The Balaban J connectivity index is 1.82. The molecule has 0 fully saturated rings. The number of ether oxygens (including phenoxy) is 1. The van der Waals surface area contributed by atoms with Crippen molar-refractivity contribution in [1.29, 1.82) is 0 Å². The van der Waals surface area contributed by atoms with E-state index in [2.05, 4.69) is 10.6 Å². The lowest BCUT2D eigenvalue weighted by Gasteiger charge is -2.15. The normalized spacial score (nSPS) is 11.6. The molecule has 0 saturated heterocycles. The van der Waals surface area contributed by atoms with Gasteiger partial charge in [0, 0.05) is 5.69 Å². The monoisotopic (exact) mass is 410 g/mol. The zero-order chi connectivity index (χ0) is 19.8. The summed E-state index contributed by atoms with van der Waals surface area (Å²) in [6.07, 6.45) is 0. The van der Waals surface area contributed by atoms with Crippen molar-refractivity contribution in [3.8, 4) is 5.75 Å². The van der Waals surface area contributed by atoms with Gasteiger partial charge in [-0.2, -0.15) is 0 Å². The van der Waals surface area contributed by atoms with Gasteiger partial charge in [-0.25, -0.2) is 0 Å². The van der Waals surface area contributed by atoms with Crippen molar-refractivity contribution in [3.05, 3.63) is 52.5 Å². The molecule has 0 aliphatic heterocycles. The van der Waals surface area contributed by atoms with Gasteiger partial charge in [0.1, 0.15) is 5.75 Å². The van der Waals surface area contributed by atoms with Gasteiger partial charge >= 0.3 is 0 Å². The van der Waals surface area contributed by atoms with Crippen molar-refractivity contribution >= 4 is 46.4 Å². The summed E-state index contributed by atoms with van der Waals surface area (Å²) in [7, 11) is 1.76. The van der Waals surface area contributed by atoms with Gasteiger partial charge in [-0.1, -0.05) is 29.3 Å². The number of halogens is 2. The number of rotatable bonds is 8. The third-order valence-electron chi connectivity index (χ3n) is 3.60. The van der Waals surface area contributed by atoms with E-state index in [4.69, 9.17) is 27.9 Å². The van der Waals surface area contributed by atoms with Gasteiger partial charge in [-0.3, -0.25) is 9.59 Å². The maximum Gasteiger partial charge on any atom is 0.279 e. The van der Waals surface area contributed by atoms with Gasteiger partial charge in [0.25, 0.3) is 11.8 Å². The van der Waals surface area contributed by atoms with Gasteiger partial charge in [-0.15, -0.1) is 0 Å². The molecule has 2 amide bonds. The minimum atomic E-state index is -0.281. The fourth-order valence-corrected chi connectivity index (χ4v) is 2.91. The number of hydrogen-bond acceptors (Lipinski definition) is 3. The summed E-state index contributed by atoms with van der Waals surface area (Å²) < 4.78 is 5.36. The molecule has 0 aliphatic rings. The van der Waals surface area contributed by atoms with Crippen molar-refractivity contribution in [2.45, 2.75) is 6.92 Å². The molecule has 8 heteroatoms. The van der Waals surface area contributed by atoms with Crippen molar-refractivity contribution in [1.82, 2.24) is 0 Å². The zero-order valence-electron chi connectivity index (χ0n) is 15.1. The molecule has 27 heavy (non-hydrogen) atoms. The summed E-state index contributed by atoms with van der Waals surface area (Å²) in [5.41, 5.74) is 1.04. The van der Waals surface area contributed by atoms with Crippen molar-refractivity contribution in [3.63, 3.8) is 0 Å². The van der Waals surface area contributed by atoms with Gasteiger partial charge in [-0.05, 0) is 43.3 Å². The second-order valence-electron chi connectivity index (χ2n) is 5.96. The van der Waals surface area contributed by atoms with Gasteiger partial charge in [0.2, 0.25) is 0 Å². The highest BCUT2D eigenvalue weighted by Crippen LogP contribution is 2.29. The lowest BCUT2D eigenvalue weighted by molar-refractivity contribution is -0.862. The molecule has 0 aliphatic carbocycles. The third kappa shape index (κ3) is 6.75. The number of carbonyl (C=O) groups is 2. The second kappa shape index (κ2) is 10.2. The Kier molecular flexibility index (Phi) is 7.91. The molecule has 144 valence electrons. The average molecular weight is 411 g/mol. The van der Waals surface area contributed by atoms with Crippen LogP contribution in [0.25, 0.3) is 0 Å². The first kappa shape index (κ1) is 21.0. The van der Waals surface area contributed by atoms with Crippen LogP contribution in [0.5, 0.6) is 5.75 Å². The first-order chi connectivity index (χ1) is 12.9. The minimum Gasteiger partial charge on any atom is -0.494 e. The number of nitrogens with one attached hydrogen (secondary N) is 3. The Morgan fingerprint density at radius 1 is 0.963 bits per heavy atom. The second-order valence-corrected chi connectivity index (χ2v) is 6.78. The molecule has 0 heterocycles. The summed E-state index contributed by atoms with van der Waals surface area (Å²) >= 11 is 12.1. The first-order valence-corrected chi connectivity index (χ1v) is 9.22. The summed E-state index contributed by atoms with van der Waals surface area (Å²) in [5.74, 6) is 0.268. The summed E-state index contributed by atoms with van der Waals surface area (Å²) in [5, 5.41) is 6.20. The number of anilines is 2. The highest BCUT2D eigenvalue weighted by atomic mass is 35.5. The molecule has 0 bridgehead atoms. The first-order valence-electron chi connectivity index (χ1n) is 8.47. The third-order valence-corrected chi connectivity index (χ3v) is 4.23. The number of likely N-dealkylation sites (N-methyl/N-ethyl adjacent to an activating group) is 1. The average Bonchev–Trinajstić information content (AvgIpc) is 2.60. The SMILES string of the molecule is CCOc1ccc(NC(=O)C[NH+](C)CC(=O)Nc2c(Cl)cccc2Cl)cc1. The van der Waals surface area contributed by atoms with Crippen LogP contribution < -0.4 is 20.3 Å². The van der Waals surface area contributed by atoms with Crippen molar-refractivity contribution < 1.29 is 19.2 Å². The standard InChI is InChI=1S/C19H21Cl2N3O3/c1-3-27-14-9-7-13(8-10-14)22-17(25)11-24(2)12-18(26)23-19-15(20)5-4-6-16(19)21/h4-10H,3,11-12H2,1-2H3,(H,22,25)(H,23,26)/p+1. The van der Waals surface area contributed by atoms with E-state index in [1.165, 1.54) is 0 Å². The smallest absolute Gasteiger partial charge is 0.279 e. The van der Waals surface area contributed by atoms with E-state index < -0.39 is 0 Å². The lowest BCUT2D eigenvalue weighted by atomic mass is 10.3. The van der Waals surface area contributed by atoms with Gasteiger partial charge in [0.05, 0.1) is 29.4 Å². The van der Waals surface area contributed by atoms with Gasteiger partial charge < -0.3 is 20.3 Å². The number of para-hydroxylation sites is 1. The lowest BCUT2D eigenvalue weighted by Crippen LogP contribution is -3.11. The molecular weight excluding hydrogens is 389 g/mol. The quantitative estimate of drug-likeness (QED) is 0.625.